The molecule has 1 saturated heterocycles. The van der Waals surface area contributed by atoms with Crippen LogP contribution in [0.5, 0.6) is 0 Å². The topological polar surface area (TPSA) is 104 Å². The van der Waals surface area contributed by atoms with Gasteiger partial charge in [-0.3, -0.25) is 4.79 Å². The highest BCUT2D eigenvalue weighted by molar-refractivity contribution is 7.89. The van der Waals surface area contributed by atoms with Crippen LogP contribution in [0.25, 0.3) is 0 Å². The molecule has 3 aromatic rings. The summed E-state index contributed by atoms with van der Waals surface area (Å²) in [4.78, 5) is 23.7. The molecule has 1 aliphatic heterocycles. The van der Waals surface area contributed by atoms with Gasteiger partial charge in [0, 0.05) is 19.8 Å². The van der Waals surface area contributed by atoms with E-state index in [0.717, 1.165) is 35.4 Å². The number of hydrogen-bond acceptors (Lipinski definition) is 5. The zero-order valence-corrected chi connectivity index (χ0v) is 24.7. The highest BCUT2D eigenvalue weighted by atomic mass is 32.2. The third kappa shape index (κ3) is 7.15. The van der Waals surface area contributed by atoms with Crippen molar-refractivity contribution in [3.63, 3.8) is 0 Å². The van der Waals surface area contributed by atoms with E-state index in [1.165, 1.54) is 6.92 Å². The van der Waals surface area contributed by atoms with Crippen LogP contribution in [0, 0.1) is 34.9 Å². The van der Waals surface area contributed by atoms with Crippen LogP contribution in [0.3, 0.4) is 0 Å². The first kappa shape index (κ1) is 33.9. The van der Waals surface area contributed by atoms with Gasteiger partial charge in [0.15, 0.2) is 28.2 Å². The molecule has 1 aliphatic rings. The van der Waals surface area contributed by atoms with E-state index in [4.69, 9.17) is 4.74 Å². The van der Waals surface area contributed by atoms with Crippen molar-refractivity contribution in [3.8, 4) is 0 Å². The number of anilines is 1. The van der Waals surface area contributed by atoms with Gasteiger partial charge in [-0.05, 0) is 54.5 Å². The predicted octanol–water partition coefficient (Wildman–Crippen LogP) is 5.75. The van der Waals surface area contributed by atoms with Gasteiger partial charge in [-0.15, -0.1) is 0 Å². The van der Waals surface area contributed by atoms with Gasteiger partial charge in [-0.1, -0.05) is 31.2 Å². The molecule has 4 rings (SSSR count). The summed E-state index contributed by atoms with van der Waals surface area (Å²) < 4.78 is 118. The summed E-state index contributed by atoms with van der Waals surface area (Å²) in [6.07, 6.45) is 1.56. The van der Waals surface area contributed by atoms with Gasteiger partial charge >= 0.3 is 5.97 Å². The average Bonchev–Trinajstić information content (AvgIpc) is 3.02. The minimum atomic E-state index is -5.51. The molecule has 1 amide bonds. The Kier molecular flexibility index (Phi) is 10.6. The van der Waals surface area contributed by atoms with E-state index in [-0.39, 0.29) is 23.2 Å². The number of hydrogen-bond donors (Lipinski definition) is 1. The number of carboxylic acid groups (broad SMARTS) is 1. The Bertz CT molecular complexity index is 1670. The number of carbonyl (C=O) groups is 2. The quantitative estimate of drug-likeness (QED) is 0.160. The number of ether oxygens (including phenoxy) is 1. The molecule has 1 fully saturated rings. The number of nitrogens with zero attached hydrogens (tertiary/aromatic N) is 2. The van der Waals surface area contributed by atoms with Crippen LogP contribution in [0.4, 0.5) is 32.0 Å². The molecular formula is C30H28F6N2O6S. The van der Waals surface area contributed by atoms with Crippen LogP contribution in [0.1, 0.15) is 53.6 Å². The molecule has 8 nitrogen and oxygen atoms in total. The molecule has 0 aromatic heterocycles. The second kappa shape index (κ2) is 14.0. The molecule has 15 heteroatoms. The molecule has 0 saturated carbocycles. The third-order valence-electron chi connectivity index (χ3n) is 7.35. The van der Waals surface area contributed by atoms with Gasteiger partial charge in [0.2, 0.25) is 21.7 Å². The lowest BCUT2D eigenvalue weighted by molar-refractivity contribution is -0.119. The normalized spacial score (nSPS) is 14.1. The van der Waals surface area contributed by atoms with Crippen LogP contribution in [0.2, 0.25) is 0 Å². The Hall–Kier alpha value is -3.95. The fraction of sp³-hybridized carbons (Fsp3) is 0.333. The molecule has 3 aromatic carbocycles. The molecule has 0 atom stereocenters. The van der Waals surface area contributed by atoms with Gasteiger partial charge < -0.3 is 14.7 Å². The molecule has 0 bridgehead atoms. The van der Waals surface area contributed by atoms with Gasteiger partial charge in [0.1, 0.15) is 5.82 Å². The second-order valence-electron chi connectivity index (χ2n) is 10.3. The minimum absolute atomic E-state index is 0.0444. The van der Waals surface area contributed by atoms with Crippen molar-refractivity contribution >= 4 is 27.6 Å². The van der Waals surface area contributed by atoms with Crippen molar-refractivity contribution in [1.82, 2.24) is 4.31 Å². The molecule has 0 unspecified atom stereocenters. The van der Waals surface area contributed by atoms with E-state index in [2.05, 4.69) is 0 Å². The third-order valence-corrected chi connectivity index (χ3v) is 9.22. The van der Waals surface area contributed by atoms with Crippen LogP contribution in [0.15, 0.2) is 47.4 Å². The van der Waals surface area contributed by atoms with Gasteiger partial charge in [-0.2, -0.15) is 4.31 Å². The fourth-order valence-electron chi connectivity index (χ4n) is 4.99. The number of carbonyl (C=O) groups excluding carboxylic acids is 1. The van der Waals surface area contributed by atoms with E-state index in [1.807, 2.05) is 12.1 Å². The predicted molar refractivity (Wildman–Crippen MR) is 149 cm³/mol. The number of amides is 1. The van der Waals surface area contributed by atoms with E-state index in [9.17, 15) is 45.1 Å². The van der Waals surface area contributed by atoms with Crippen molar-refractivity contribution in [3.05, 3.63) is 94.1 Å². The number of carboxylic acids is 1. The molecule has 1 N–H and O–H groups in total. The molecule has 0 aliphatic carbocycles. The summed E-state index contributed by atoms with van der Waals surface area (Å²) in [5.41, 5.74) is 0.583. The summed E-state index contributed by atoms with van der Waals surface area (Å²) in [6, 6.07) is 9.64. The Morgan fingerprint density at radius 3 is 2.00 bits per heavy atom. The van der Waals surface area contributed by atoms with E-state index in [1.54, 1.807) is 12.1 Å². The van der Waals surface area contributed by atoms with Crippen LogP contribution >= 0.6 is 0 Å². The van der Waals surface area contributed by atoms with E-state index in [0.29, 0.717) is 24.8 Å². The van der Waals surface area contributed by atoms with Crippen molar-refractivity contribution in [1.29, 1.82) is 0 Å². The first-order valence-corrected chi connectivity index (χ1v) is 15.2. The molecule has 0 spiro atoms. The van der Waals surface area contributed by atoms with Crippen LogP contribution < -0.4 is 4.90 Å². The minimum Gasteiger partial charge on any atom is -0.478 e. The standard InChI is InChI=1S/C30H28F6N2O6S/c1-2-11-37(45(42,43)29-27(35)25(33)24(32)26(34)28(29)36)16-23(39)38(22-8-7-20(30(40)41)14-21(22)31)15-17-3-5-18(6-4-17)19-9-12-44-13-10-19/h3-8,14,19H,2,9-13,15-16H2,1H3,(H,40,41). The Labute approximate surface area is 254 Å². The number of sulfonamides is 1. The maximum absolute atomic E-state index is 15.2. The van der Waals surface area contributed by atoms with Gasteiger partial charge in [0.25, 0.3) is 0 Å². The summed E-state index contributed by atoms with van der Waals surface area (Å²) in [5, 5.41) is 9.23. The number of halogens is 6. The zero-order chi connectivity index (χ0) is 33.1. The maximum atomic E-state index is 15.2. The Balaban J connectivity index is 1.72. The number of rotatable bonds is 11. The molecule has 242 valence electrons. The van der Waals surface area contributed by atoms with E-state index < -0.39 is 86.0 Å². The highest BCUT2D eigenvalue weighted by Crippen LogP contribution is 2.31. The molecular weight excluding hydrogens is 630 g/mol. The van der Waals surface area contributed by atoms with Crippen molar-refractivity contribution in [2.75, 3.05) is 31.2 Å². The van der Waals surface area contributed by atoms with Crippen LogP contribution in [-0.4, -0.2) is 56.0 Å². The van der Waals surface area contributed by atoms with Crippen molar-refractivity contribution in [2.24, 2.45) is 0 Å². The molecule has 1 heterocycles. The lowest BCUT2D eigenvalue weighted by atomic mass is 9.91. The zero-order valence-electron chi connectivity index (χ0n) is 23.8. The highest BCUT2D eigenvalue weighted by Gasteiger charge is 2.38. The molecule has 45 heavy (non-hydrogen) atoms. The van der Waals surface area contributed by atoms with Gasteiger partial charge in [0.05, 0.1) is 24.3 Å². The Morgan fingerprint density at radius 1 is 0.889 bits per heavy atom. The second-order valence-corrected chi connectivity index (χ2v) is 12.2. The van der Waals surface area contributed by atoms with Gasteiger partial charge in [-0.25, -0.2) is 39.6 Å². The largest absolute Gasteiger partial charge is 0.478 e. The molecule has 0 radical (unpaired) electrons. The van der Waals surface area contributed by atoms with E-state index >= 15 is 4.39 Å². The average molecular weight is 659 g/mol. The van der Waals surface area contributed by atoms with Crippen LogP contribution in [-0.2, 0) is 26.1 Å². The summed E-state index contributed by atoms with van der Waals surface area (Å²) in [5.74, 6) is -16.2. The summed E-state index contributed by atoms with van der Waals surface area (Å²) in [7, 11) is -5.51. The summed E-state index contributed by atoms with van der Waals surface area (Å²) in [6.45, 7) is 0.523. The smallest absolute Gasteiger partial charge is 0.335 e. The Morgan fingerprint density at radius 2 is 1.47 bits per heavy atom. The van der Waals surface area contributed by atoms with Crippen molar-refractivity contribution < 1.29 is 54.2 Å². The maximum Gasteiger partial charge on any atom is 0.335 e. The fourth-order valence-corrected chi connectivity index (χ4v) is 6.58. The van der Waals surface area contributed by atoms with Crippen molar-refractivity contribution in [2.45, 2.75) is 43.5 Å². The lowest BCUT2D eigenvalue weighted by Crippen LogP contribution is -2.44. The summed E-state index contributed by atoms with van der Waals surface area (Å²) >= 11 is 0. The monoisotopic (exact) mass is 658 g/mol. The lowest BCUT2D eigenvalue weighted by Gasteiger charge is -2.28. The first-order chi connectivity index (χ1) is 21.3. The number of aromatic carboxylic acids is 1. The SMILES string of the molecule is CCCN(CC(=O)N(Cc1ccc(C2CCOCC2)cc1)c1ccc(C(=O)O)cc1F)S(=O)(=O)c1c(F)c(F)c(F)c(F)c1F. The first-order valence-electron chi connectivity index (χ1n) is 13.8. The number of benzene rings is 3.